The normalized spacial score (nSPS) is 11.7. The van der Waals surface area contributed by atoms with Crippen LogP contribution < -0.4 is 5.56 Å². The number of thioether (sulfide) groups is 1. The summed E-state index contributed by atoms with van der Waals surface area (Å²) in [4.78, 5) is 24.2. The van der Waals surface area contributed by atoms with Crippen LogP contribution in [0.5, 0.6) is 0 Å². The van der Waals surface area contributed by atoms with Crippen molar-refractivity contribution in [2.75, 3.05) is 0 Å². The highest BCUT2D eigenvalue weighted by molar-refractivity contribution is 7.98. The van der Waals surface area contributed by atoms with Gasteiger partial charge in [0, 0.05) is 22.1 Å². The average Bonchev–Trinajstić information content (AvgIpc) is 3.00. The third kappa shape index (κ3) is 3.09. The Morgan fingerprint density at radius 2 is 2.00 bits per heavy atom. The van der Waals surface area contributed by atoms with Gasteiger partial charge in [0.25, 0.3) is 5.56 Å². The predicted molar refractivity (Wildman–Crippen MR) is 100 cm³/mol. The highest BCUT2D eigenvalue weighted by atomic mass is 32.2. The van der Waals surface area contributed by atoms with Crippen molar-refractivity contribution in [1.29, 1.82) is 0 Å². The Morgan fingerprint density at radius 1 is 1.26 bits per heavy atom. The molecule has 3 aromatic rings. The van der Waals surface area contributed by atoms with Gasteiger partial charge in [-0.2, -0.15) is 0 Å². The monoisotopic (exact) mass is 365 g/mol. The summed E-state index contributed by atoms with van der Waals surface area (Å²) in [7, 11) is 0. The minimum Gasteiger partial charge on any atom is -0.284 e. The molecular formula is C16H19N3OS3. The van der Waals surface area contributed by atoms with E-state index in [-0.39, 0.29) is 11.6 Å². The molecule has 0 fully saturated rings. The van der Waals surface area contributed by atoms with E-state index in [1.807, 2.05) is 39.2 Å². The van der Waals surface area contributed by atoms with Crippen LogP contribution in [0.2, 0.25) is 0 Å². The lowest BCUT2D eigenvalue weighted by molar-refractivity contribution is 0.519. The fourth-order valence-corrected chi connectivity index (χ4v) is 5.27. The van der Waals surface area contributed by atoms with Gasteiger partial charge in [-0.25, -0.2) is 9.97 Å². The van der Waals surface area contributed by atoms with E-state index in [9.17, 15) is 4.79 Å². The average molecular weight is 366 g/mol. The highest BCUT2D eigenvalue weighted by Crippen LogP contribution is 2.30. The summed E-state index contributed by atoms with van der Waals surface area (Å²) in [6.45, 7) is 10.1. The van der Waals surface area contributed by atoms with E-state index in [0.717, 1.165) is 42.3 Å². The maximum absolute atomic E-state index is 12.9. The Hall–Kier alpha value is -1.18. The molecule has 0 saturated heterocycles. The van der Waals surface area contributed by atoms with Crippen LogP contribution in [-0.4, -0.2) is 14.5 Å². The molecule has 0 saturated carbocycles. The molecule has 0 aliphatic rings. The molecule has 0 radical (unpaired) electrons. The molecule has 0 amide bonds. The van der Waals surface area contributed by atoms with Gasteiger partial charge in [0.2, 0.25) is 0 Å². The van der Waals surface area contributed by atoms with E-state index in [1.54, 1.807) is 34.4 Å². The van der Waals surface area contributed by atoms with Gasteiger partial charge >= 0.3 is 0 Å². The van der Waals surface area contributed by atoms with E-state index < -0.39 is 0 Å². The topological polar surface area (TPSA) is 47.8 Å². The zero-order valence-electron chi connectivity index (χ0n) is 13.8. The fourth-order valence-electron chi connectivity index (χ4n) is 2.46. The molecular weight excluding hydrogens is 346 g/mol. The van der Waals surface area contributed by atoms with Crippen molar-refractivity contribution in [3.8, 4) is 0 Å². The van der Waals surface area contributed by atoms with Crippen LogP contribution in [0.4, 0.5) is 0 Å². The lowest BCUT2D eigenvalue weighted by Crippen LogP contribution is -2.24. The summed E-state index contributed by atoms with van der Waals surface area (Å²) in [6.07, 6.45) is 0. The number of aryl methyl sites for hydroxylation is 3. The Kier molecular flexibility index (Phi) is 4.62. The van der Waals surface area contributed by atoms with E-state index in [0.29, 0.717) is 0 Å². The first-order chi connectivity index (χ1) is 10.9. The van der Waals surface area contributed by atoms with Gasteiger partial charge in [-0.3, -0.25) is 9.36 Å². The van der Waals surface area contributed by atoms with Gasteiger partial charge < -0.3 is 0 Å². The molecule has 0 bridgehead atoms. The van der Waals surface area contributed by atoms with Crippen LogP contribution in [0.1, 0.15) is 41.0 Å². The number of fused-ring (bicyclic) bond motifs is 1. The van der Waals surface area contributed by atoms with E-state index in [1.165, 1.54) is 0 Å². The van der Waals surface area contributed by atoms with Crippen molar-refractivity contribution in [3.63, 3.8) is 0 Å². The summed E-state index contributed by atoms with van der Waals surface area (Å²) >= 11 is 4.84. The molecule has 3 aromatic heterocycles. The van der Waals surface area contributed by atoms with Crippen LogP contribution in [0.25, 0.3) is 10.2 Å². The predicted octanol–water partition coefficient (Wildman–Crippen LogP) is 4.71. The van der Waals surface area contributed by atoms with Crippen molar-refractivity contribution in [3.05, 3.63) is 36.9 Å². The number of hydrogen-bond donors (Lipinski definition) is 0. The largest absolute Gasteiger partial charge is 0.284 e. The van der Waals surface area contributed by atoms with E-state index in [2.05, 4.69) is 10.4 Å². The molecule has 4 nitrogen and oxygen atoms in total. The number of thiazole rings is 1. The number of thiophene rings is 1. The molecule has 0 atom stereocenters. The molecule has 0 N–H and O–H groups in total. The summed E-state index contributed by atoms with van der Waals surface area (Å²) < 4.78 is 1.81. The minimum atomic E-state index is 0.0730. The molecule has 0 aliphatic carbocycles. The molecule has 23 heavy (non-hydrogen) atoms. The molecule has 0 aliphatic heterocycles. The van der Waals surface area contributed by atoms with Crippen LogP contribution in [0, 0.1) is 20.8 Å². The third-order valence-corrected chi connectivity index (χ3v) is 6.64. The molecule has 122 valence electrons. The summed E-state index contributed by atoms with van der Waals surface area (Å²) in [5.41, 5.74) is 2.17. The number of hydrogen-bond acceptors (Lipinski definition) is 6. The molecule has 0 aromatic carbocycles. The molecule has 0 spiro atoms. The zero-order chi connectivity index (χ0) is 16.7. The van der Waals surface area contributed by atoms with Crippen molar-refractivity contribution in [1.82, 2.24) is 14.5 Å². The van der Waals surface area contributed by atoms with E-state index in [4.69, 9.17) is 4.98 Å². The first kappa shape index (κ1) is 16.7. The lowest BCUT2D eigenvalue weighted by atomic mass is 10.2. The number of rotatable bonds is 4. The third-order valence-electron chi connectivity index (χ3n) is 3.73. The van der Waals surface area contributed by atoms with Crippen LogP contribution in [0.3, 0.4) is 0 Å². The van der Waals surface area contributed by atoms with Crippen molar-refractivity contribution in [2.45, 2.75) is 51.6 Å². The molecule has 7 heteroatoms. The molecule has 0 unspecified atom stereocenters. The second-order valence-corrected chi connectivity index (χ2v) is 8.98. The summed E-state index contributed by atoms with van der Waals surface area (Å²) in [5, 5.41) is 4.69. The second-order valence-electron chi connectivity index (χ2n) is 5.77. The Bertz CT molecular complexity index is 921. The maximum Gasteiger partial charge on any atom is 0.263 e. The maximum atomic E-state index is 12.9. The van der Waals surface area contributed by atoms with Crippen LogP contribution in [-0.2, 0) is 5.75 Å². The Labute approximate surface area is 147 Å². The van der Waals surface area contributed by atoms with E-state index >= 15 is 0 Å². The second kappa shape index (κ2) is 6.37. The van der Waals surface area contributed by atoms with Gasteiger partial charge in [0.15, 0.2) is 5.16 Å². The quantitative estimate of drug-likeness (QED) is 0.496. The summed E-state index contributed by atoms with van der Waals surface area (Å²) in [6, 6.07) is 0.0821. The zero-order valence-corrected chi connectivity index (χ0v) is 16.3. The lowest BCUT2D eigenvalue weighted by Gasteiger charge is -2.15. The Balaban J connectivity index is 2.07. The number of nitrogens with zero attached hydrogens (tertiary/aromatic N) is 3. The smallest absolute Gasteiger partial charge is 0.263 e. The van der Waals surface area contributed by atoms with Crippen LogP contribution in [0.15, 0.2) is 15.3 Å². The van der Waals surface area contributed by atoms with Gasteiger partial charge in [-0.15, -0.1) is 22.7 Å². The molecule has 3 rings (SSSR count). The fraction of sp³-hybridized carbons (Fsp3) is 0.438. The molecule has 3 heterocycles. The van der Waals surface area contributed by atoms with Crippen LogP contribution >= 0.6 is 34.4 Å². The van der Waals surface area contributed by atoms with Gasteiger partial charge in [0.1, 0.15) is 4.83 Å². The summed E-state index contributed by atoms with van der Waals surface area (Å²) in [5.74, 6) is 0.734. The standard InChI is InChI=1S/C16H19N3OS3/c1-8(2)19-15(20)13-9(3)10(4)23-14(13)18-16(19)22-7-12-6-21-11(5)17-12/h6,8H,7H2,1-5H3. The first-order valence-electron chi connectivity index (χ1n) is 7.44. The van der Waals surface area contributed by atoms with Gasteiger partial charge in [0.05, 0.1) is 16.1 Å². The highest BCUT2D eigenvalue weighted by Gasteiger charge is 2.18. The van der Waals surface area contributed by atoms with Crippen molar-refractivity contribution < 1.29 is 0 Å². The van der Waals surface area contributed by atoms with Gasteiger partial charge in [-0.1, -0.05) is 11.8 Å². The van der Waals surface area contributed by atoms with Crippen molar-refractivity contribution in [2.24, 2.45) is 0 Å². The Morgan fingerprint density at radius 3 is 2.61 bits per heavy atom. The minimum absolute atomic E-state index is 0.0730. The SMILES string of the molecule is Cc1nc(CSc2nc3sc(C)c(C)c3c(=O)n2C(C)C)cs1. The van der Waals surface area contributed by atoms with Gasteiger partial charge in [-0.05, 0) is 40.2 Å². The first-order valence-corrected chi connectivity index (χ1v) is 10.1. The van der Waals surface area contributed by atoms with Crippen molar-refractivity contribution >= 4 is 44.7 Å². The number of aromatic nitrogens is 3.